The van der Waals surface area contributed by atoms with Crippen LogP contribution in [0.2, 0.25) is 0 Å². The fraction of sp³-hybridized carbons (Fsp3) is 0.400. The molecular weight excluding hydrogens is 442 g/mol. The molecule has 1 aliphatic heterocycles. The number of para-hydroxylation sites is 1. The van der Waals surface area contributed by atoms with Gasteiger partial charge in [-0.2, -0.15) is 0 Å². The van der Waals surface area contributed by atoms with E-state index in [1.165, 1.54) is 35.6 Å². The standard InChI is InChI=1S/C20H21N3O6S2/c24-18(13-5-1-3-7-15(13)23(26)27)22-20-17(14-6-2-4-8-16(14)30-20)19(25)21-12-9-10-31(28,29)11-12/h1,3,5,7,12H,2,4,6,8-11H2,(H,21,25)(H,22,24). The van der Waals surface area contributed by atoms with Crippen molar-refractivity contribution in [2.24, 2.45) is 0 Å². The molecule has 1 unspecified atom stereocenters. The fourth-order valence-electron chi connectivity index (χ4n) is 4.06. The van der Waals surface area contributed by atoms with Crippen molar-refractivity contribution in [3.05, 3.63) is 55.9 Å². The Kier molecular flexibility index (Phi) is 5.80. The number of nitro benzene ring substituents is 1. The summed E-state index contributed by atoms with van der Waals surface area (Å²) in [5.74, 6) is -1.13. The normalized spacial score (nSPS) is 19.4. The van der Waals surface area contributed by atoms with Crippen molar-refractivity contribution in [1.82, 2.24) is 5.32 Å². The van der Waals surface area contributed by atoms with E-state index in [-0.39, 0.29) is 22.8 Å². The van der Waals surface area contributed by atoms with Crippen molar-refractivity contribution >= 4 is 43.7 Å². The molecule has 1 fully saturated rings. The number of rotatable bonds is 5. The maximum absolute atomic E-state index is 13.1. The van der Waals surface area contributed by atoms with Crippen LogP contribution in [-0.2, 0) is 22.7 Å². The zero-order chi connectivity index (χ0) is 22.2. The van der Waals surface area contributed by atoms with E-state index in [1.54, 1.807) is 0 Å². The van der Waals surface area contributed by atoms with Crippen LogP contribution in [0.25, 0.3) is 0 Å². The van der Waals surface area contributed by atoms with E-state index in [9.17, 15) is 28.1 Å². The number of nitrogens with zero attached hydrogens (tertiary/aromatic N) is 1. The molecule has 1 aromatic carbocycles. The average molecular weight is 464 g/mol. The minimum atomic E-state index is -3.15. The Bertz CT molecular complexity index is 1170. The van der Waals surface area contributed by atoms with Gasteiger partial charge in [-0.1, -0.05) is 12.1 Å². The summed E-state index contributed by atoms with van der Waals surface area (Å²) in [6.07, 6.45) is 3.74. The van der Waals surface area contributed by atoms with Crippen LogP contribution in [0, 0.1) is 10.1 Å². The summed E-state index contributed by atoms with van der Waals surface area (Å²) < 4.78 is 23.5. The van der Waals surface area contributed by atoms with Crippen molar-refractivity contribution in [2.45, 2.75) is 38.1 Å². The van der Waals surface area contributed by atoms with Gasteiger partial charge in [0, 0.05) is 17.0 Å². The highest BCUT2D eigenvalue weighted by atomic mass is 32.2. The Hall–Kier alpha value is -2.79. The third-order valence-corrected chi connectivity index (χ3v) is 8.51. The van der Waals surface area contributed by atoms with Gasteiger partial charge < -0.3 is 10.6 Å². The van der Waals surface area contributed by atoms with E-state index < -0.39 is 32.6 Å². The van der Waals surface area contributed by atoms with Crippen LogP contribution >= 0.6 is 11.3 Å². The number of sulfone groups is 1. The molecule has 31 heavy (non-hydrogen) atoms. The summed E-state index contributed by atoms with van der Waals surface area (Å²) in [4.78, 5) is 37.6. The second-order valence-electron chi connectivity index (χ2n) is 7.72. The van der Waals surface area contributed by atoms with Crippen LogP contribution in [-0.4, -0.2) is 42.7 Å². The lowest BCUT2D eigenvalue weighted by Crippen LogP contribution is -2.36. The van der Waals surface area contributed by atoms with Crippen LogP contribution in [0.1, 0.15) is 50.4 Å². The second kappa shape index (κ2) is 8.39. The Labute approximate surface area is 182 Å². The van der Waals surface area contributed by atoms with Gasteiger partial charge in [-0.05, 0) is 43.7 Å². The van der Waals surface area contributed by atoms with Crippen LogP contribution in [0.15, 0.2) is 24.3 Å². The summed E-state index contributed by atoms with van der Waals surface area (Å²) in [7, 11) is -3.15. The zero-order valence-electron chi connectivity index (χ0n) is 16.5. The predicted molar refractivity (Wildman–Crippen MR) is 117 cm³/mol. The number of benzene rings is 1. The van der Waals surface area contributed by atoms with Crippen molar-refractivity contribution in [3.63, 3.8) is 0 Å². The number of aryl methyl sites for hydroxylation is 1. The highest BCUT2D eigenvalue weighted by Crippen LogP contribution is 2.38. The van der Waals surface area contributed by atoms with Gasteiger partial charge in [0.05, 0.1) is 22.0 Å². The Morgan fingerprint density at radius 2 is 1.87 bits per heavy atom. The highest BCUT2D eigenvalue weighted by Gasteiger charge is 2.32. The number of amides is 2. The zero-order valence-corrected chi connectivity index (χ0v) is 18.2. The lowest BCUT2D eigenvalue weighted by atomic mass is 9.95. The van der Waals surface area contributed by atoms with Crippen LogP contribution in [0.5, 0.6) is 0 Å². The number of anilines is 1. The first-order valence-corrected chi connectivity index (χ1v) is 12.6. The maximum atomic E-state index is 13.1. The molecule has 1 aliphatic carbocycles. The minimum absolute atomic E-state index is 0.0426. The third-order valence-electron chi connectivity index (χ3n) is 5.54. The summed E-state index contributed by atoms with van der Waals surface area (Å²) in [6.45, 7) is 0. The van der Waals surface area contributed by atoms with Crippen molar-refractivity contribution in [2.75, 3.05) is 16.8 Å². The van der Waals surface area contributed by atoms with Gasteiger partial charge in [0.25, 0.3) is 17.5 Å². The first-order chi connectivity index (χ1) is 14.7. The molecule has 0 radical (unpaired) electrons. The van der Waals surface area contributed by atoms with E-state index >= 15 is 0 Å². The smallest absolute Gasteiger partial charge is 0.282 e. The van der Waals surface area contributed by atoms with E-state index in [0.29, 0.717) is 23.4 Å². The molecular formula is C20H21N3O6S2. The number of hydrogen-bond donors (Lipinski definition) is 2. The molecule has 4 rings (SSSR count). The number of hydrogen-bond acceptors (Lipinski definition) is 7. The predicted octanol–water partition coefficient (Wildman–Crippen LogP) is 2.70. The summed E-state index contributed by atoms with van der Waals surface area (Å²) in [6, 6.07) is 5.17. The molecule has 1 aromatic heterocycles. The molecule has 1 saturated heterocycles. The lowest BCUT2D eigenvalue weighted by molar-refractivity contribution is -0.385. The minimum Gasteiger partial charge on any atom is -0.348 e. The molecule has 11 heteroatoms. The van der Waals surface area contributed by atoms with E-state index in [4.69, 9.17) is 0 Å². The van der Waals surface area contributed by atoms with Crippen LogP contribution < -0.4 is 10.6 Å². The van der Waals surface area contributed by atoms with E-state index in [1.807, 2.05) is 0 Å². The summed E-state index contributed by atoms with van der Waals surface area (Å²) in [5, 5.41) is 17.1. The number of thiophene rings is 1. The Balaban J connectivity index is 1.64. The maximum Gasteiger partial charge on any atom is 0.282 e. The largest absolute Gasteiger partial charge is 0.348 e. The first-order valence-electron chi connectivity index (χ1n) is 9.96. The first kappa shape index (κ1) is 21.4. The highest BCUT2D eigenvalue weighted by molar-refractivity contribution is 7.91. The van der Waals surface area contributed by atoms with Gasteiger partial charge in [0.2, 0.25) is 0 Å². The molecule has 2 aromatic rings. The molecule has 9 nitrogen and oxygen atoms in total. The number of carbonyl (C=O) groups is 2. The van der Waals surface area contributed by atoms with Gasteiger partial charge >= 0.3 is 0 Å². The third kappa shape index (κ3) is 4.47. The SMILES string of the molecule is O=C(Nc1sc2c(c1C(=O)NC1CCS(=O)(=O)C1)CCCC2)c1ccccc1[N+](=O)[O-]. The van der Waals surface area contributed by atoms with Crippen LogP contribution in [0.3, 0.4) is 0 Å². The van der Waals surface area contributed by atoms with Crippen LogP contribution in [0.4, 0.5) is 10.7 Å². The Morgan fingerprint density at radius 1 is 1.13 bits per heavy atom. The molecule has 2 heterocycles. The molecule has 2 N–H and O–H groups in total. The van der Waals surface area contributed by atoms with Crippen molar-refractivity contribution < 1.29 is 22.9 Å². The van der Waals surface area contributed by atoms with Gasteiger partial charge in [0.1, 0.15) is 10.6 Å². The molecule has 1 atom stereocenters. The van der Waals surface area contributed by atoms with Gasteiger partial charge in [-0.15, -0.1) is 11.3 Å². The molecule has 2 aliphatic rings. The van der Waals surface area contributed by atoms with Crippen molar-refractivity contribution in [3.8, 4) is 0 Å². The lowest BCUT2D eigenvalue weighted by Gasteiger charge is -2.15. The molecule has 0 saturated carbocycles. The van der Waals surface area contributed by atoms with Gasteiger partial charge in [-0.25, -0.2) is 8.42 Å². The Morgan fingerprint density at radius 3 is 2.58 bits per heavy atom. The summed E-state index contributed by atoms with van der Waals surface area (Å²) in [5.41, 5.74) is 0.805. The molecule has 2 amide bonds. The fourth-order valence-corrected chi connectivity index (χ4v) is 7.01. The quantitative estimate of drug-likeness (QED) is 0.517. The van der Waals surface area contributed by atoms with Gasteiger partial charge in [-0.3, -0.25) is 19.7 Å². The number of fused-ring (bicyclic) bond motifs is 1. The average Bonchev–Trinajstić information content (AvgIpc) is 3.26. The monoisotopic (exact) mass is 463 g/mol. The number of nitrogens with one attached hydrogen (secondary N) is 2. The molecule has 164 valence electrons. The van der Waals surface area contributed by atoms with Crippen molar-refractivity contribution in [1.29, 1.82) is 0 Å². The molecule has 0 spiro atoms. The van der Waals surface area contributed by atoms with Gasteiger partial charge in [0.15, 0.2) is 9.84 Å². The number of carbonyl (C=O) groups excluding carboxylic acids is 2. The topological polar surface area (TPSA) is 135 Å². The second-order valence-corrected chi connectivity index (χ2v) is 11.1. The van der Waals surface area contributed by atoms with E-state index in [0.717, 1.165) is 29.7 Å². The molecule has 0 bridgehead atoms. The number of nitro groups is 1. The van der Waals surface area contributed by atoms with E-state index in [2.05, 4.69) is 10.6 Å². The summed E-state index contributed by atoms with van der Waals surface area (Å²) >= 11 is 1.30.